The molecule has 0 aliphatic carbocycles. The lowest BCUT2D eigenvalue weighted by Crippen LogP contribution is -2.37. The summed E-state index contributed by atoms with van der Waals surface area (Å²) in [7, 11) is 0. The molecule has 0 radical (unpaired) electrons. The largest absolute Gasteiger partial charge is 0.394 e. The predicted octanol–water partition coefficient (Wildman–Crippen LogP) is -1.62. The molecule has 1 unspecified atom stereocenters. The standard InChI is InChI=1S/C5H10FNO4/c6-3-2(1-8)11-5(7-10)4(3)9/h2-5,7-10H,1H2/t2-,3?,4+,5-/m1/s1. The van der Waals surface area contributed by atoms with Crippen LogP contribution < -0.4 is 5.48 Å². The molecule has 1 aliphatic heterocycles. The van der Waals surface area contributed by atoms with Crippen LogP contribution in [0.1, 0.15) is 0 Å². The summed E-state index contributed by atoms with van der Waals surface area (Å²) in [6, 6.07) is 0. The average Bonchev–Trinajstić information content (AvgIpc) is 2.30. The quantitative estimate of drug-likeness (QED) is 0.372. The summed E-state index contributed by atoms with van der Waals surface area (Å²) >= 11 is 0. The van der Waals surface area contributed by atoms with Crippen LogP contribution in [-0.4, -0.2) is 46.6 Å². The van der Waals surface area contributed by atoms with Crippen molar-refractivity contribution in [2.45, 2.75) is 24.6 Å². The highest BCUT2D eigenvalue weighted by Gasteiger charge is 2.43. The number of hydroxylamine groups is 1. The lowest BCUT2D eigenvalue weighted by atomic mass is 10.2. The van der Waals surface area contributed by atoms with E-state index in [1.807, 2.05) is 0 Å². The molecule has 1 heterocycles. The minimum atomic E-state index is -1.66. The summed E-state index contributed by atoms with van der Waals surface area (Å²) in [5, 5.41) is 25.7. The number of hydrogen-bond donors (Lipinski definition) is 4. The van der Waals surface area contributed by atoms with Gasteiger partial charge in [-0.25, -0.2) is 4.39 Å². The first kappa shape index (κ1) is 8.82. The summed E-state index contributed by atoms with van der Waals surface area (Å²) in [5.41, 5.74) is 1.59. The highest BCUT2D eigenvalue weighted by atomic mass is 19.1. The molecular weight excluding hydrogens is 157 g/mol. The molecule has 0 bridgehead atoms. The molecule has 5 nitrogen and oxygen atoms in total. The Morgan fingerprint density at radius 3 is 2.45 bits per heavy atom. The topological polar surface area (TPSA) is 82.0 Å². The van der Waals surface area contributed by atoms with Gasteiger partial charge in [-0.3, -0.25) is 0 Å². The van der Waals surface area contributed by atoms with Crippen molar-refractivity contribution < 1.29 is 24.5 Å². The molecule has 6 heteroatoms. The van der Waals surface area contributed by atoms with E-state index in [2.05, 4.69) is 4.74 Å². The fourth-order valence-corrected chi connectivity index (χ4v) is 0.981. The molecule has 1 aliphatic rings. The van der Waals surface area contributed by atoms with Crippen molar-refractivity contribution in [1.82, 2.24) is 5.48 Å². The molecule has 1 fully saturated rings. The van der Waals surface area contributed by atoms with Crippen LogP contribution in [0.25, 0.3) is 0 Å². The van der Waals surface area contributed by atoms with Crippen LogP contribution in [0.4, 0.5) is 4.39 Å². The van der Waals surface area contributed by atoms with Gasteiger partial charge in [0.2, 0.25) is 0 Å². The second-order valence-corrected chi connectivity index (χ2v) is 2.34. The van der Waals surface area contributed by atoms with Gasteiger partial charge >= 0.3 is 0 Å². The zero-order valence-electron chi connectivity index (χ0n) is 5.64. The molecular formula is C5H10FNO4. The number of nitrogens with one attached hydrogen (secondary N) is 1. The Morgan fingerprint density at radius 2 is 2.18 bits per heavy atom. The maximum absolute atomic E-state index is 12.7. The van der Waals surface area contributed by atoms with E-state index in [1.54, 1.807) is 5.48 Å². The van der Waals surface area contributed by atoms with Gasteiger partial charge in [0.1, 0.15) is 12.2 Å². The van der Waals surface area contributed by atoms with E-state index in [-0.39, 0.29) is 0 Å². The van der Waals surface area contributed by atoms with Crippen molar-refractivity contribution in [1.29, 1.82) is 0 Å². The van der Waals surface area contributed by atoms with E-state index in [1.165, 1.54) is 0 Å². The highest BCUT2D eigenvalue weighted by Crippen LogP contribution is 2.21. The second-order valence-electron chi connectivity index (χ2n) is 2.34. The first-order valence-corrected chi connectivity index (χ1v) is 3.18. The van der Waals surface area contributed by atoms with E-state index in [0.29, 0.717) is 0 Å². The zero-order chi connectivity index (χ0) is 8.43. The predicted molar refractivity (Wildman–Crippen MR) is 31.6 cm³/mol. The van der Waals surface area contributed by atoms with Crippen molar-refractivity contribution in [2.24, 2.45) is 0 Å². The number of halogens is 1. The van der Waals surface area contributed by atoms with Gasteiger partial charge in [-0.15, -0.1) is 0 Å². The maximum Gasteiger partial charge on any atom is 0.159 e. The molecule has 0 aromatic carbocycles. The number of hydrogen-bond acceptors (Lipinski definition) is 5. The van der Waals surface area contributed by atoms with Crippen LogP contribution in [0.5, 0.6) is 0 Å². The molecule has 0 amide bonds. The third-order valence-corrected chi connectivity index (χ3v) is 1.62. The third kappa shape index (κ3) is 1.49. The Morgan fingerprint density at radius 1 is 1.55 bits per heavy atom. The lowest BCUT2D eigenvalue weighted by Gasteiger charge is -2.10. The van der Waals surface area contributed by atoms with Gasteiger partial charge in [0.25, 0.3) is 0 Å². The van der Waals surface area contributed by atoms with Crippen LogP contribution in [0.2, 0.25) is 0 Å². The van der Waals surface area contributed by atoms with Crippen molar-refractivity contribution in [2.75, 3.05) is 6.61 Å². The number of rotatable bonds is 2. The number of ether oxygens (including phenoxy) is 1. The zero-order valence-corrected chi connectivity index (χ0v) is 5.64. The van der Waals surface area contributed by atoms with Crippen molar-refractivity contribution >= 4 is 0 Å². The van der Waals surface area contributed by atoms with Gasteiger partial charge in [-0.2, -0.15) is 5.48 Å². The normalized spacial score (nSPS) is 44.7. The molecule has 1 rings (SSSR count). The first-order chi connectivity index (χ1) is 5.20. The number of alkyl halides is 1. The third-order valence-electron chi connectivity index (χ3n) is 1.62. The van der Waals surface area contributed by atoms with Gasteiger partial charge in [0.15, 0.2) is 12.4 Å². The molecule has 0 saturated carbocycles. The van der Waals surface area contributed by atoms with Crippen LogP contribution in [-0.2, 0) is 4.74 Å². The van der Waals surface area contributed by atoms with Crippen molar-refractivity contribution in [3.05, 3.63) is 0 Å². The Hall–Kier alpha value is -0.270. The van der Waals surface area contributed by atoms with Crippen molar-refractivity contribution in [3.8, 4) is 0 Å². The molecule has 0 spiro atoms. The minimum absolute atomic E-state index is 0.517. The second kappa shape index (κ2) is 3.42. The highest BCUT2D eigenvalue weighted by molar-refractivity contribution is 4.87. The first-order valence-electron chi connectivity index (χ1n) is 3.18. The molecule has 66 valence electrons. The van der Waals surface area contributed by atoms with Gasteiger partial charge in [0.05, 0.1) is 6.61 Å². The minimum Gasteiger partial charge on any atom is -0.394 e. The number of aliphatic hydroxyl groups excluding tert-OH is 2. The Labute approximate surface area is 62.4 Å². The van der Waals surface area contributed by atoms with Gasteiger partial charge in [0, 0.05) is 0 Å². The molecule has 0 aromatic heterocycles. The monoisotopic (exact) mass is 167 g/mol. The van der Waals surface area contributed by atoms with Crippen LogP contribution >= 0.6 is 0 Å². The van der Waals surface area contributed by atoms with E-state index >= 15 is 0 Å². The Balaban J connectivity index is 2.53. The summed E-state index contributed by atoms with van der Waals surface area (Å²) in [4.78, 5) is 0. The molecule has 11 heavy (non-hydrogen) atoms. The summed E-state index contributed by atoms with van der Waals surface area (Å²) < 4.78 is 17.4. The summed E-state index contributed by atoms with van der Waals surface area (Å²) in [6.07, 6.45) is -5.31. The fourth-order valence-electron chi connectivity index (χ4n) is 0.981. The van der Waals surface area contributed by atoms with Crippen LogP contribution in [0.3, 0.4) is 0 Å². The lowest BCUT2D eigenvalue weighted by molar-refractivity contribution is -0.0866. The van der Waals surface area contributed by atoms with Crippen LogP contribution in [0, 0.1) is 0 Å². The molecule has 4 atom stereocenters. The van der Waals surface area contributed by atoms with Crippen LogP contribution in [0.15, 0.2) is 0 Å². The van der Waals surface area contributed by atoms with Gasteiger partial charge < -0.3 is 20.2 Å². The van der Waals surface area contributed by atoms with E-state index in [4.69, 9.17) is 15.4 Å². The average molecular weight is 167 g/mol. The summed E-state index contributed by atoms with van der Waals surface area (Å²) in [6.45, 7) is -0.517. The number of aliphatic hydroxyl groups is 2. The smallest absolute Gasteiger partial charge is 0.159 e. The van der Waals surface area contributed by atoms with E-state index in [0.717, 1.165) is 0 Å². The maximum atomic E-state index is 12.7. The van der Waals surface area contributed by atoms with Gasteiger partial charge in [-0.05, 0) is 0 Å². The van der Waals surface area contributed by atoms with E-state index < -0.39 is 31.2 Å². The van der Waals surface area contributed by atoms with E-state index in [9.17, 15) is 4.39 Å². The SMILES string of the molecule is OC[C@H]1O[C@@H](NO)[C@@H](O)C1F. The Kier molecular flexibility index (Phi) is 2.74. The molecule has 4 N–H and O–H groups in total. The van der Waals surface area contributed by atoms with Gasteiger partial charge in [-0.1, -0.05) is 0 Å². The Bertz CT molecular complexity index is 118. The molecule has 1 saturated heterocycles. The van der Waals surface area contributed by atoms with Crippen molar-refractivity contribution in [3.63, 3.8) is 0 Å². The molecule has 0 aromatic rings. The summed E-state index contributed by atoms with van der Waals surface area (Å²) in [5.74, 6) is 0. The fraction of sp³-hybridized carbons (Fsp3) is 1.00.